The van der Waals surface area contributed by atoms with Crippen LogP contribution in [0.3, 0.4) is 0 Å². The van der Waals surface area contributed by atoms with Gasteiger partial charge in [-0.3, -0.25) is 0 Å². The summed E-state index contributed by atoms with van der Waals surface area (Å²) in [5.41, 5.74) is 2.76. The van der Waals surface area contributed by atoms with Gasteiger partial charge in [-0.25, -0.2) is 4.99 Å². The van der Waals surface area contributed by atoms with E-state index in [4.69, 9.17) is 19.2 Å². The topological polar surface area (TPSA) is 65.2 Å². The third-order valence-electron chi connectivity index (χ3n) is 4.17. The predicted molar refractivity (Wildman–Crippen MR) is 111 cm³/mol. The molecule has 0 amide bonds. The van der Waals surface area contributed by atoms with Gasteiger partial charge in [0, 0.05) is 17.5 Å². The minimum atomic E-state index is 0.0213. The van der Waals surface area contributed by atoms with Crippen LogP contribution < -0.4 is 19.0 Å². The van der Waals surface area contributed by atoms with E-state index in [9.17, 15) is 5.11 Å². The van der Waals surface area contributed by atoms with Gasteiger partial charge < -0.3 is 23.9 Å². The average molecular weight is 401 g/mol. The van der Waals surface area contributed by atoms with E-state index in [2.05, 4.69) is 0 Å². The maximum absolute atomic E-state index is 9.56. The first-order chi connectivity index (χ1) is 13.7. The van der Waals surface area contributed by atoms with E-state index in [1.807, 2.05) is 59.3 Å². The summed E-state index contributed by atoms with van der Waals surface area (Å²) in [7, 11) is 3.23. The van der Waals surface area contributed by atoms with Crippen molar-refractivity contribution in [1.29, 1.82) is 0 Å². The summed E-state index contributed by atoms with van der Waals surface area (Å²) in [4.78, 5) is 5.55. The second-order valence-electron chi connectivity index (χ2n) is 5.89. The molecule has 0 atom stereocenters. The van der Waals surface area contributed by atoms with Crippen molar-refractivity contribution in [1.82, 2.24) is 4.57 Å². The molecule has 6 nitrogen and oxygen atoms in total. The van der Waals surface area contributed by atoms with E-state index in [1.165, 1.54) is 11.3 Å². The molecule has 0 saturated carbocycles. The molecule has 0 spiro atoms. The first-order valence-electron chi connectivity index (χ1n) is 8.99. The Labute approximate surface area is 168 Å². The van der Waals surface area contributed by atoms with Crippen LogP contribution in [0.2, 0.25) is 0 Å². The second-order valence-corrected chi connectivity index (χ2v) is 6.72. The lowest BCUT2D eigenvalue weighted by Gasteiger charge is -2.11. The Morgan fingerprint density at radius 2 is 1.79 bits per heavy atom. The third-order valence-corrected chi connectivity index (χ3v) is 5.04. The van der Waals surface area contributed by atoms with Crippen molar-refractivity contribution in [2.45, 2.75) is 13.5 Å². The van der Waals surface area contributed by atoms with Crippen molar-refractivity contribution >= 4 is 17.0 Å². The summed E-state index contributed by atoms with van der Waals surface area (Å²) in [5, 5.41) is 11.6. The van der Waals surface area contributed by atoms with Gasteiger partial charge in [0.15, 0.2) is 16.3 Å². The molecule has 28 heavy (non-hydrogen) atoms. The summed E-state index contributed by atoms with van der Waals surface area (Å²) in [6.07, 6.45) is 0. The van der Waals surface area contributed by atoms with Crippen molar-refractivity contribution in [3.8, 4) is 28.5 Å². The van der Waals surface area contributed by atoms with Gasteiger partial charge in [0.05, 0.1) is 38.8 Å². The number of hydrogen-bond acceptors (Lipinski definition) is 6. The highest BCUT2D eigenvalue weighted by Crippen LogP contribution is 2.32. The van der Waals surface area contributed by atoms with Crippen LogP contribution in [0.4, 0.5) is 5.69 Å². The molecule has 2 aromatic carbocycles. The standard InChI is InChI=1S/C21H24N2O4S/c1-4-27-17-8-6-16(7-9-17)22-21-23(11-12-24)18(14-28-21)15-5-10-19(25-2)20(13-15)26-3/h5-10,13-14,24H,4,11-12H2,1-3H3. The Morgan fingerprint density at radius 3 is 2.43 bits per heavy atom. The fourth-order valence-corrected chi connectivity index (χ4v) is 3.81. The monoisotopic (exact) mass is 400 g/mol. The number of hydrogen-bond donors (Lipinski definition) is 1. The molecule has 1 aromatic heterocycles. The molecule has 0 aliphatic rings. The lowest BCUT2D eigenvalue weighted by atomic mass is 10.1. The van der Waals surface area contributed by atoms with Crippen LogP contribution in [-0.4, -0.2) is 37.1 Å². The molecule has 0 fully saturated rings. The van der Waals surface area contributed by atoms with E-state index >= 15 is 0 Å². The second kappa shape index (κ2) is 9.43. The maximum Gasteiger partial charge on any atom is 0.190 e. The van der Waals surface area contributed by atoms with Gasteiger partial charge in [-0.2, -0.15) is 0 Å². The van der Waals surface area contributed by atoms with Crippen LogP contribution >= 0.6 is 11.3 Å². The molecular formula is C21H24N2O4S. The normalized spacial score (nSPS) is 11.5. The average Bonchev–Trinajstić information content (AvgIpc) is 3.11. The first-order valence-corrected chi connectivity index (χ1v) is 9.87. The number of rotatable bonds is 8. The molecule has 7 heteroatoms. The van der Waals surface area contributed by atoms with E-state index < -0.39 is 0 Å². The summed E-state index contributed by atoms with van der Waals surface area (Å²) >= 11 is 1.53. The fourth-order valence-electron chi connectivity index (χ4n) is 2.86. The molecule has 148 valence electrons. The molecular weight excluding hydrogens is 376 g/mol. The summed E-state index contributed by atoms with van der Waals surface area (Å²) in [5.74, 6) is 2.16. The zero-order chi connectivity index (χ0) is 19.9. The largest absolute Gasteiger partial charge is 0.494 e. The van der Waals surface area contributed by atoms with Crippen molar-refractivity contribution in [3.63, 3.8) is 0 Å². The Kier molecular flexibility index (Phi) is 6.73. The molecule has 0 bridgehead atoms. The van der Waals surface area contributed by atoms with Gasteiger partial charge in [0.1, 0.15) is 5.75 Å². The highest BCUT2D eigenvalue weighted by molar-refractivity contribution is 7.07. The lowest BCUT2D eigenvalue weighted by Crippen LogP contribution is -2.17. The van der Waals surface area contributed by atoms with Gasteiger partial charge in [0.25, 0.3) is 0 Å². The highest BCUT2D eigenvalue weighted by atomic mass is 32.1. The number of aliphatic hydroxyl groups excluding tert-OH is 1. The Bertz CT molecular complexity index is 977. The lowest BCUT2D eigenvalue weighted by molar-refractivity contribution is 0.275. The van der Waals surface area contributed by atoms with E-state index in [1.54, 1.807) is 14.2 Å². The van der Waals surface area contributed by atoms with Gasteiger partial charge in [-0.05, 0) is 49.4 Å². The molecule has 0 aliphatic carbocycles. The van der Waals surface area contributed by atoms with Crippen LogP contribution in [0, 0.1) is 0 Å². The van der Waals surface area contributed by atoms with Gasteiger partial charge in [-0.15, -0.1) is 11.3 Å². The summed E-state index contributed by atoms with van der Waals surface area (Å²) < 4.78 is 18.2. The zero-order valence-corrected chi connectivity index (χ0v) is 17.0. The van der Waals surface area contributed by atoms with Crippen molar-refractivity contribution in [2.75, 3.05) is 27.4 Å². The number of methoxy groups -OCH3 is 2. The first kappa shape index (κ1) is 20.0. The Balaban J connectivity index is 2.02. The van der Waals surface area contributed by atoms with Crippen LogP contribution in [-0.2, 0) is 6.54 Å². The van der Waals surface area contributed by atoms with Crippen LogP contribution in [0.15, 0.2) is 52.8 Å². The Hall–Kier alpha value is -2.77. The molecule has 3 rings (SSSR count). The van der Waals surface area contributed by atoms with Crippen LogP contribution in [0.5, 0.6) is 17.2 Å². The number of nitrogens with zero attached hydrogens (tertiary/aromatic N) is 2. The van der Waals surface area contributed by atoms with Gasteiger partial charge >= 0.3 is 0 Å². The fraction of sp³-hybridized carbons (Fsp3) is 0.286. The molecule has 0 saturated heterocycles. The number of aromatic nitrogens is 1. The number of aliphatic hydroxyl groups is 1. The molecule has 3 aromatic rings. The molecule has 1 N–H and O–H groups in total. The molecule has 0 unspecified atom stereocenters. The van der Waals surface area contributed by atoms with E-state index in [-0.39, 0.29) is 6.61 Å². The third kappa shape index (κ3) is 4.37. The van der Waals surface area contributed by atoms with Crippen LogP contribution in [0.1, 0.15) is 6.92 Å². The summed E-state index contributed by atoms with van der Waals surface area (Å²) in [6.45, 7) is 3.06. The van der Waals surface area contributed by atoms with E-state index in [0.717, 1.165) is 27.5 Å². The van der Waals surface area contributed by atoms with Crippen molar-refractivity contribution < 1.29 is 19.3 Å². The van der Waals surface area contributed by atoms with E-state index in [0.29, 0.717) is 24.7 Å². The number of thiazole rings is 1. The van der Waals surface area contributed by atoms with Crippen LogP contribution in [0.25, 0.3) is 11.3 Å². The Morgan fingerprint density at radius 1 is 1.04 bits per heavy atom. The molecule has 1 heterocycles. The zero-order valence-electron chi connectivity index (χ0n) is 16.2. The summed E-state index contributed by atoms with van der Waals surface area (Å²) in [6, 6.07) is 13.4. The minimum absolute atomic E-state index is 0.0213. The van der Waals surface area contributed by atoms with Crippen molar-refractivity contribution in [2.24, 2.45) is 4.99 Å². The smallest absolute Gasteiger partial charge is 0.190 e. The molecule has 0 aliphatic heterocycles. The SMILES string of the molecule is CCOc1ccc(N=c2scc(-c3ccc(OC)c(OC)c3)n2CCO)cc1. The minimum Gasteiger partial charge on any atom is -0.494 e. The van der Waals surface area contributed by atoms with Gasteiger partial charge in [0.2, 0.25) is 0 Å². The van der Waals surface area contributed by atoms with Gasteiger partial charge in [-0.1, -0.05) is 0 Å². The quantitative estimate of drug-likeness (QED) is 0.624. The van der Waals surface area contributed by atoms with Crippen molar-refractivity contribution in [3.05, 3.63) is 52.6 Å². The number of ether oxygens (including phenoxy) is 3. The number of benzene rings is 2. The maximum atomic E-state index is 9.56. The predicted octanol–water partition coefficient (Wildman–Crippen LogP) is 3.86. The molecule has 0 radical (unpaired) electrons. The highest BCUT2D eigenvalue weighted by Gasteiger charge is 2.11.